The maximum absolute atomic E-state index is 5.42. The molecule has 0 atom stereocenters. The average molecular weight is 140 g/mol. The molecule has 4 nitrogen and oxygen atoms in total. The summed E-state index contributed by atoms with van der Waals surface area (Å²) in [5, 5.41) is 9.36. The molecule has 2 heterocycles. The van der Waals surface area contributed by atoms with Crippen molar-refractivity contribution in [2.45, 2.75) is 0 Å². The van der Waals surface area contributed by atoms with Crippen LogP contribution in [0.1, 0.15) is 0 Å². The van der Waals surface area contributed by atoms with Crippen molar-refractivity contribution in [2.75, 3.05) is 5.73 Å². The van der Waals surface area contributed by atoms with Gasteiger partial charge >= 0.3 is 0 Å². The summed E-state index contributed by atoms with van der Waals surface area (Å²) in [5.41, 5.74) is 5.42. The Hall–Kier alpha value is -1.10. The summed E-state index contributed by atoms with van der Waals surface area (Å²) in [6.45, 7) is 0. The molecule has 9 heavy (non-hydrogen) atoms. The minimum absolute atomic E-state index is 0.450. The van der Waals surface area contributed by atoms with Crippen LogP contribution in [0.2, 0.25) is 0 Å². The van der Waals surface area contributed by atoms with E-state index in [1.165, 1.54) is 11.3 Å². The van der Waals surface area contributed by atoms with Crippen LogP contribution in [0, 0.1) is 0 Å². The minimum atomic E-state index is 0.450. The zero-order chi connectivity index (χ0) is 6.27. The van der Waals surface area contributed by atoms with Crippen LogP contribution in [0.3, 0.4) is 0 Å². The maximum Gasteiger partial charge on any atom is 0.227 e. The van der Waals surface area contributed by atoms with Crippen LogP contribution in [-0.2, 0) is 0 Å². The number of aromatic nitrogens is 3. The molecule has 2 N–H and O–H groups in total. The Bertz CT molecular complexity index is 322. The summed E-state index contributed by atoms with van der Waals surface area (Å²) < 4.78 is 1.74. The summed E-state index contributed by atoms with van der Waals surface area (Å²) in [4.78, 5) is 0.840. The van der Waals surface area contributed by atoms with Crippen LogP contribution in [0.15, 0.2) is 11.6 Å². The van der Waals surface area contributed by atoms with Gasteiger partial charge in [0.15, 0.2) is 0 Å². The molecule has 0 unspecified atom stereocenters. The third-order valence-electron chi connectivity index (χ3n) is 1.07. The van der Waals surface area contributed by atoms with E-state index in [9.17, 15) is 0 Å². The highest BCUT2D eigenvalue weighted by Gasteiger charge is 1.98. The lowest BCUT2D eigenvalue weighted by Crippen LogP contribution is -1.90. The molecule has 0 aliphatic rings. The molecule has 2 aromatic heterocycles. The van der Waals surface area contributed by atoms with E-state index >= 15 is 0 Å². The number of hydrogen-bond donors (Lipinski definition) is 1. The van der Waals surface area contributed by atoms with Gasteiger partial charge in [0, 0.05) is 11.6 Å². The smallest absolute Gasteiger partial charge is 0.227 e. The molecule has 5 heteroatoms. The number of hydrogen-bond acceptors (Lipinski definition) is 4. The zero-order valence-corrected chi connectivity index (χ0v) is 5.30. The van der Waals surface area contributed by atoms with Crippen molar-refractivity contribution in [1.29, 1.82) is 0 Å². The van der Waals surface area contributed by atoms with E-state index < -0.39 is 0 Å². The van der Waals surface area contributed by atoms with E-state index in [4.69, 9.17) is 5.73 Å². The summed E-state index contributed by atoms with van der Waals surface area (Å²) in [7, 11) is 0. The van der Waals surface area contributed by atoms with Crippen molar-refractivity contribution in [1.82, 2.24) is 14.6 Å². The molecular formula is C4H4N4S. The number of nitrogens with two attached hydrogens (primary N) is 1. The fourth-order valence-electron chi connectivity index (χ4n) is 0.661. The number of nitrogen functional groups attached to an aromatic ring is 1. The van der Waals surface area contributed by atoms with Crippen molar-refractivity contribution in [2.24, 2.45) is 0 Å². The van der Waals surface area contributed by atoms with Gasteiger partial charge in [-0.05, 0) is 0 Å². The third kappa shape index (κ3) is 0.517. The minimum Gasteiger partial charge on any atom is -0.368 e. The fourth-order valence-corrected chi connectivity index (χ4v) is 1.32. The van der Waals surface area contributed by atoms with E-state index in [0.717, 1.165) is 4.96 Å². The van der Waals surface area contributed by atoms with Crippen molar-refractivity contribution in [3.05, 3.63) is 11.6 Å². The lowest BCUT2D eigenvalue weighted by molar-refractivity contribution is 1.12. The van der Waals surface area contributed by atoms with Crippen LogP contribution < -0.4 is 5.73 Å². The van der Waals surface area contributed by atoms with Crippen molar-refractivity contribution >= 4 is 22.2 Å². The molecule has 0 bridgehead atoms. The zero-order valence-electron chi connectivity index (χ0n) is 4.48. The SMILES string of the molecule is Nc1nnc2sccn12. The summed E-state index contributed by atoms with van der Waals surface area (Å²) >= 11 is 1.52. The second-order valence-corrected chi connectivity index (χ2v) is 2.49. The Morgan fingerprint density at radius 2 is 2.44 bits per heavy atom. The number of rotatable bonds is 0. The first-order valence-electron chi connectivity index (χ1n) is 2.41. The lowest BCUT2D eigenvalue weighted by atomic mass is 10.9. The highest BCUT2D eigenvalue weighted by molar-refractivity contribution is 7.15. The van der Waals surface area contributed by atoms with E-state index in [1.54, 1.807) is 4.40 Å². The molecule has 0 saturated carbocycles. The van der Waals surface area contributed by atoms with Gasteiger partial charge in [0.1, 0.15) is 0 Å². The van der Waals surface area contributed by atoms with Crippen LogP contribution in [0.25, 0.3) is 4.96 Å². The van der Waals surface area contributed by atoms with E-state index in [1.807, 2.05) is 11.6 Å². The third-order valence-corrected chi connectivity index (χ3v) is 1.82. The summed E-state index contributed by atoms with van der Waals surface area (Å²) in [5.74, 6) is 0.450. The standard InChI is InChI=1S/C4H4N4S/c5-3-6-7-4-8(3)1-2-9-4/h1-2H,(H2,5,6). The molecule has 0 aliphatic carbocycles. The average Bonchev–Trinajstić information content (AvgIpc) is 2.35. The first-order chi connectivity index (χ1) is 4.38. The van der Waals surface area contributed by atoms with Gasteiger partial charge in [0.2, 0.25) is 10.9 Å². The predicted molar refractivity (Wildman–Crippen MR) is 35.3 cm³/mol. The molecule has 2 aromatic rings. The molecule has 0 spiro atoms. The Morgan fingerprint density at radius 1 is 1.56 bits per heavy atom. The quantitative estimate of drug-likeness (QED) is 0.575. The van der Waals surface area contributed by atoms with Crippen LogP contribution in [-0.4, -0.2) is 14.6 Å². The summed E-state index contributed by atoms with van der Waals surface area (Å²) in [6, 6.07) is 0. The van der Waals surface area contributed by atoms with Crippen molar-refractivity contribution in [3.63, 3.8) is 0 Å². The Balaban J connectivity index is 2.99. The Kier molecular flexibility index (Phi) is 0.762. The number of fused-ring (bicyclic) bond motifs is 1. The number of anilines is 1. The van der Waals surface area contributed by atoms with Crippen LogP contribution >= 0.6 is 11.3 Å². The second-order valence-electron chi connectivity index (χ2n) is 1.61. The predicted octanol–water partition coefficient (Wildman–Crippen LogP) is 0.373. The van der Waals surface area contributed by atoms with E-state index in [2.05, 4.69) is 10.2 Å². The molecule has 0 radical (unpaired) electrons. The van der Waals surface area contributed by atoms with Crippen molar-refractivity contribution < 1.29 is 0 Å². The summed E-state index contributed by atoms with van der Waals surface area (Å²) in [6.07, 6.45) is 1.84. The molecular weight excluding hydrogens is 136 g/mol. The largest absolute Gasteiger partial charge is 0.368 e. The second kappa shape index (κ2) is 1.44. The molecule has 0 saturated heterocycles. The molecule has 0 amide bonds. The first-order valence-corrected chi connectivity index (χ1v) is 3.29. The molecule has 0 aliphatic heterocycles. The maximum atomic E-state index is 5.42. The fraction of sp³-hybridized carbons (Fsp3) is 0. The monoisotopic (exact) mass is 140 g/mol. The first kappa shape index (κ1) is 4.75. The number of thiazole rings is 1. The topological polar surface area (TPSA) is 56.2 Å². The Morgan fingerprint density at radius 3 is 3.22 bits per heavy atom. The molecule has 46 valence electrons. The molecule has 2 rings (SSSR count). The van der Waals surface area contributed by atoms with Gasteiger partial charge in [-0.1, -0.05) is 0 Å². The van der Waals surface area contributed by atoms with Gasteiger partial charge in [-0.3, -0.25) is 4.40 Å². The van der Waals surface area contributed by atoms with E-state index in [-0.39, 0.29) is 0 Å². The Labute approximate surface area is 54.9 Å². The van der Waals surface area contributed by atoms with Gasteiger partial charge < -0.3 is 5.73 Å². The van der Waals surface area contributed by atoms with Gasteiger partial charge in [0.05, 0.1) is 0 Å². The van der Waals surface area contributed by atoms with Gasteiger partial charge in [0.25, 0.3) is 0 Å². The van der Waals surface area contributed by atoms with E-state index in [0.29, 0.717) is 5.95 Å². The normalized spacial score (nSPS) is 10.7. The highest BCUT2D eigenvalue weighted by Crippen LogP contribution is 2.10. The van der Waals surface area contributed by atoms with Crippen LogP contribution in [0.4, 0.5) is 5.95 Å². The highest BCUT2D eigenvalue weighted by atomic mass is 32.1. The number of nitrogens with zero attached hydrogens (tertiary/aromatic N) is 3. The van der Waals surface area contributed by atoms with Gasteiger partial charge in [-0.25, -0.2) is 0 Å². The molecule has 0 aromatic carbocycles. The molecule has 0 fully saturated rings. The van der Waals surface area contributed by atoms with Crippen molar-refractivity contribution in [3.8, 4) is 0 Å². The van der Waals surface area contributed by atoms with Gasteiger partial charge in [-0.15, -0.1) is 21.5 Å². The lowest BCUT2D eigenvalue weighted by Gasteiger charge is -1.79. The van der Waals surface area contributed by atoms with Crippen LogP contribution in [0.5, 0.6) is 0 Å². The van der Waals surface area contributed by atoms with Gasteiger partial charge in [-0.2, -0.15) is 0 Å².